The predicted molar refractivity (Wildman–Crippen MR) is 99.9 cm³/mol. The highest BCUT2D eigenvalue weighted by molar-refractivity contribution is 5.94. The third-order valence-electron chi connectivity index (χ3n) is 9.76. The number of hydrogen-bond donors (Lipinski definition) is 0. The lowest BCUT2D eigenvalue weighted by molar-refractivity contribution is -0.200. The Bertz CT molecular complexity index is 817. The number of ether oxygens (including phenoxy) is 1. The van der Waals surface area contributed by atoms with Gasteiger partial charge in [0, 0.05) is 18.8 Å². The summed E-state index contributed by atoms with van der Waals surface area (Å²) < 4.78 is 19.2. The number of carbonyl (C=O) groups is 3. The lowest BCUT2D eigenvalue weighted by atomic mass is 9.33. The van der Waals surface area contributed by atoms with Crippen molar-refractivity contribution in [1.29, 1.82) is 0 Å². The fourth-order valence-corrected chi connectivity index (χ4v) is 8.69. The first-order valence-electron chi connectivity index (χ1n) is 10.7. The molecule has 4 bridgehead atoms. The van der Waals surface area contributed by atoms with Crippen molar-refractivity contribution in [2.24, 2.45) is 40.4 Å². The van der Waals surface area contributed by atoms with Gasteiger partial charge in [-0.1, -0.05) is 19.4 Å². The van der Waals surface area contributed by atoms with Crippen LogP contribution in [0.15, 0.2) is 11.6 Å². The standard InChI is InChI=1S/C23H29FO4/c1-12(25)28-23(20(27)11-24)7-5-16-14-10-15-18-8-13(26)9-19(15)22(18,3)17(14)4-6-21(16,23)2/h8,14-17,19H,4-7,9-11H2,1-3H3/t14-,15?,16-,17-,19?,21-,22+,23-/m0/s1. The van der Waals surface area contributed by atoms with Gasteiger partial charge in [0.15, 0.2) is 18.1 Å². The van der Waals surface area contributed by atoms with Crippen molar-refractivity contribution in [3.63, 3.8) is 0 Å². The van der Waals surface area contributed by atoms with Gasteiger partial charge in [-0.25, -0.2) is 4.39 Å². The molecule has 4 nitrogen and oxygen atoms in total. The average molecular weight is 388 g/mol. The van der Waals surface area contributed by atoms with Crippen LogP contribution in [0.1, 0.15) is 59.3 Å². The van der Waals surface area contributed by atoms with E-state index < -0.39 is 29.4 Å². The molecule has 0 saturated heterocycles. The van der Waals surface area contributed by atoms with Gasteiger partial charge in [0.1, 0.15) is 0 Å². The van der Waals surface area contributed by atoms with Crippen molar-refractivity contribution in [3.05, 3.63) is 11.6 Å². The van der Waals surface area contributed by atoms with Crippen molar-refractivity contribution in [2.75, 3.05) is 6.67 Å². The van der Waals surface area contributed by atoms with Crippen molar-refractivity contribution in [3.8, 4) is 0 Å². The van der Waals surface area contributed by atoms with Gasteiger partial charge < -0.3 is 4.74 Å². The molecule has 6 rings (SSSR count). The number of halogens is 1. The SMILES string of the molecule is CC(=O)O[C@]1(C(=O)CF)CC[C@H]2[C@@H]3CC4C5=CC(=O)CC4[C@]5(C)[C@H]3CC[C@@]21C. The van der Waals surface area contributed by atoms with Crippen molar-refractivity contribution in [1.82, 2.24) is 0 Å². The molecule has 5 saturated carbocycles. The fraction of sp³-hybridized carbons (Fsp3) is 0.783. The van der Waals surface area contributed by atoms with Crippen LogP contribution in [0.4, 0.5) is 4.39 Å². The van der Waals surface area contributed by atoms with E-state index in [0.717, 1.165) is 25.7 Å². The highest BCUT2D eigenvalue weighted by atomic mass is 19.1. The van der Waals surface area contributed by atoms with Crippen LogP contribution >= 0.6 is 0 Å². The Morgan fingerprint density at radius 1 is 1.18 bits per heavy atom. The van der Waals surface area contributed by atoms with E-state index in [-0.39, 0.29) is 17.1 Å². The normalized spacial score (nSPS) is 50.8. The molecule has 6 aliphatic carbocycles. The van der Waals surface area contributed by atoms with Crippen molar-refractivity contribution >= 4 is 17.5 Å². The van der Waals surface area contributed by atoms with Gasteiger partial charge in [0.25, 0.3) is 0 Å². The van der Waals surface area contributed by atoms with Gasteiger partial charge in [-0.15, -0.1) is 0 Å². The molecule has 0 aliphatic heterocycles. The zero-order valence-corrected chi connectivity index (χ0v) is 16.9. The molecular weight excluding hydrogens is 359 g/mol. The quantitative estimate of drug-likeness (QED) is 0.690. The molecule has 28 heavy (non-hydrogen) atoms. The van der Waals surface area contributed by atoms with E-state index in [1.165, 1.54) is 12.5 Å². The van der Waals surface area contributed by atoms with Gasteiger partial charge in [-0.2, -0.15) is 0 Å². The Kier molecular flexibility index (Phi) is 3.66. The van der Waals surface area contributed by atoms with Gasteiger partial charge in [0.05, 0.1) is 0 Å². The summed E-state index contributed by atoms with van der Waals surface area (Å²) in [5.41, 5.74) is -0.332. The Balaban J connectivity index is 1.52. The summed E-state index contributed by atoms with van der Waals surface area (Å²) in [5, 5.41) is 0. The summed E-state index contributed by atoms with van der Waals surface area (Å²) in [4.78, 5) is 36.6. The van der Waals surface area contributed by atoms with Gasteiger partial charge >= 0.3 is 5.97 Å². The lowest BCUT2D eigenvalue weighted by Gasteiger charge is -2.71. The number of esters is 1. The molecule has 152 valence electrons. The smallest absolute Gasteiger partial charge is 0.303 e. The minimum atomic E-state index is -1.31. The summed E-state index contributed by atoms with van der Waals surface area (Å²) >= 11 is 0. The molecule has 6 aliphatic rings. The van der Waals surface area contributed by atoms with E-state index in [2.05, 4.69) is 13.8 Å². The molecule has 0 spiro atoms. The molecule has 5 fully saturated rings. The third kappa shape index (κ3) is 1.89. The maximum Gasteiger partial charge on any atom is 0.303 e. The van der Waals surface area contributed by atoms with E-state index in [4.69, 9.17) is 4.74 Å². The van der Waals surface area contributed by atoms with Crippen molar-refractivity contribution < 1.29 is 23.5 Å². The first-order chi connectivity index (χ1) is 13.2. The Hall–Kier alpha value is -1.52. The average Bonchev–Trinajstić information content (AvgIpc) is 2.95. The minimum absolute atomic E-state index is 0.111. The fourth-order valence-electron chi connectivity index (χ4n) is 8.69. The van der Waals surface area contributed by atoms with Crippen molar-refractivity contribution in [2.45, 2.75) is 64.9 Å². The van der Waals surface area contributed by atoms with Crippen LogP contribution in [-0.2, 0) is 19.1 Å². The zero-order chi connectivity index (χ0) is 20.1. The molecule has 5 heteroatoms. The maximum absolute atomic E-state index is 13.5. The summed E-state index contributed by atoms with van der Waals surface area (Å²) in [6, 6.07) is 0. The number of fused-ring (bicyclic) bond motifs is 1. The molecule has 0 aromatic carbocycles. The number of allylic oxidation sites excluding steroid dienone is 1. The van der Waals surface area contributed by atoms with E-state index in [1.807, 2.05) is 6.08 Å². The van der Waals surface area contributed by atoms with E-state index in [1.54, 1.807) is 0 Å². The zero-order valence-electron chi connectivity index (χ0n) is 16.9. The Morgan fingerprint density at radius 3 is 2.50 bits per heavy atom. The number of ketones is 2. The van der Waals surface area contributed by atoms with Crippen LogP contribution in [0.5, 0.6) is 0 Å². The number of alkyl halides is 1. The first kappa shape index (κ1) is 18.5. The lowest BCUT2D eigenvalue weighted by Crippen LogP contribution is -2.67. The molecule has 0 amide bonds. The summed E-state index contributed by atoms with van der Waals surface area (Å²) in [6.07, 6.45) is 6.61. The van der Waals surface area contributed by atoms with E-state index in [9.17, 15) is 18.8 Å². The molecule has 0 radical (unpaired) electrons. The van der Waals surface area contributed by atoms with Gasteiger partial charge in [-0.05, 0) is 73.2 Å². The highest BCUT2D eigenvalue weighted by Crippen LogP contribution is 2.76. The molecule has 2 unspecified atom stereocenters. The van der Waals surface area contributed by atoms with Crippen LogP contribution in [0.25, 0.3) is 0 Å². The highest BCUT2D eigenvalue weighted by Gasteiger charge is 2.73. The molecule has 0 heterocycles. The topological polar surface area (TPSA) is 60.4 Å². The molecule has 0 N–H and O–H groups in total. The van der Waals surface area contributed by atoms with Crippen LogP contribution in [0, 0.1) is 40.4 Å². The largest absolute Gasteiger partial charge is 0.451 e. The number of rotatable bonds is 3. The van der Waals surface area contributed by atoms with Gasteiger partial charge in [0.2, 0.25) is 5.78 Å². The monoisotopic (exact) mass is 388 g/mol. The molecule has 8 atom stereocenters. The van der Waals surface area contributed by atoms with E-state index in [0.29, 0.717) is 36.5 Å². The summed E-state index contributed by atoms with van der Waals surface area (Å²) in [5.74, 6) is 1.40. The van der Waals surface area contributed by atoms with Crippen LogP contribution in [-0.4, -0.2) is 29.8 Å². The summed E-state index contributed by atoms with van der Waals surface area (Å²) in [7, 11) is 0. The maximum atomic E-state index is 13.5. The van der Waals surface area contributed by atoms with Crippen LogP contribution in [0.2, 0.25) is 0 Å². The number of hydrogen-bond acceptors (Lipinski definition) is 4. The minimum Gasteiger partial charge on any atom is -0.451 e. The number of Topliss-reactive ketones (excluding diaryl/α,β-unsaturated/α-hetero) is 1. The Labute approximate surface area is 165 Å². The van der Waals surface area contributed by atoms with E-state index >= 15 is 0 Å². The third-order valence-corrected chi connectivity index (χ3v) is 9.76. The second-order valence-corrected chi connectivity index (χ2v) is 10.4. The second kappa shape index (κ2) is 5.54. The predicted octanol–water partition coefficient (Wildman–Crippen LogP) is 3.82. The second-order valence-electron chi connectivity index (χ2n) is 10.4. The van der Waals surface area contributed by atoms with Crippen LogP contribution < -0.4 is 0 Å². The molecule has 0 aromatic heterocycles. The molecule has 0 aromatic rings. The number of carbonyl (C=O) groups excluding carboxylic acids is 3. The first-order valence-corrected chi connectivity index (χ1v) is 10.7. The summed E-state index contributed by atoms with van der Waals surface area (Å²) in [6.45, 7) is 4.63. The molecular formula is C23H29FO4. The van der Waals surface area contributed by atoms with Crippen LogP contribution in [0.3, 0.4) is 0 Å². The Morgan fingerprint density at radius 2 is 1.89 bits per heavy atom. The van der Waals surface area contributed by atoms with Gasteiger partial charge in [-0.3, -0.25) is 14.4 Å².